The van der Waals surface area contributed by atoms with Crippen LogP contribution in [0.1, 0.15) is 20.3 Å². The van der Waals surface area contributed by atoms with Gasteiger partial charge in [0, 0.05) is 23.3 Å². The molecule has 134 valence electrons. The van der Waals surface area contributed by atoms with E-state index in [4.69, 9.17) is 4.74 Å². The Hall–Kier alpha value is -2.48. The van der Waals surface area contributed by atoms with Crippen molar-refractivity contribution < 1.29 is 19.4 Å². The monoisotopic (exact) mass is 363 g/mol. The number of amides is 1. The van der Waals surface area contributed by atoms with Crippen molar-refractivity contribution in [2.75, 3.05) is 18.2 Å². The molecule has 0 aliphatic carbocycles. The number of carbonyl (C=O) groups excluding carboxylic acids is 1. The maximum atomic E-state index is 12.0. The van der Waals surface area contributed by atoms with E-state index >= 15 is 0 Å². The van der Waals surface area contributed by atoms with Crippen molar-refractivity contribution in [1.82, 2.24) is 9.78 Å². The third-order valence-electron chi connectivity index (χ3n) is 3.62. The molecule has 1 aromatic heterocycles. The lowest BCUT2D eigenvalue weighted by Gasteiger charge is -2.19. The van der Waals surface area contributed by atoms with E-state index < -0.39 is 11.5 Å². The third kappa shape index (κ3) is 4.99. The molecule has 0 aliphatic rings. The molecule has 0 bridgehead atoms. The van der Waals surface area contributed by atoms with Gasteiger partial charge in [-0.05, 0) is 38.1 Å². The summed E-state index contributed by atoms with van der Waals surface area (Å²) in [6, 6.07) is 7.64. The van der Waals surface area contributed by atoms with Crippen molar-refractivity contribution in [3.8, 4) is 5.75 Å². The number of benzene rings is 1. The van der Waals surface area contributed by atoms with Gasteiger partial charge in [-0.25, -0.2) is 4.79 Å². The molecule has 0 unspecified atom stereocenters. The molecular formula is C17H21N3O4S. The summed E-state index contributed by atoms with van der Waals surface area (Å²) >= 11 is 1.58. The standard InChI is InChI=1S/C17H21N3O4S/c1-17(2,16(22)23)20-11-12(10-18-20)19-15(21)8-9-25-14-6-4-13(24-3)5-7-14/h4-7,10-11H,8-9H2,1-3H3,(H,19,21)(H,22,23). The lowest BCUT2D eigenvalue weighted by Crippen LogP contribution is -2.35. The van der Waals surface area contributed by atoms with E-state index in [2.05, 4.69) is 10.4 Å². The molecule has 2 aromatic rings. The van der Waals surface area contributed by atoms with Crippen molar-refractivity contribution in [1.29, 1.82) is 0 Å². The number of nitrogens with one attached hydrogen (secondary N) is 1. The van der Waals surface area contributed by atoms with Gasteiger partial charge < -0.3 is 15.2 Å². The number of hydrogen-bond acceptors (Lipinski definition) is 5. The Balaban J connectivity index is 1.82. The van der Waals surface area contributed by atoms with Crippen LogP contribution in [0.15, 0.2) is 41.6 Å². The zero-order chi connectivity index (χ0) is 18.4. The number of carbonyl (C=O) groups is 2. The van der Waals surface area contributed by atoms with E-state index in [-0.39, 0.29) is 5.91 Å². The summed E-state index contributed by atoms with van der Waals surface area (Å²) in [7, 11) is 1.62. The summed E-state index contributed by atoms with van der Waals surface area (Å²) in [5.41, 5.74) is -0.693. The van der Waals surface area contributed by atoms with E-state index in [0.717, 1.165) is 10.6 Å². The van der Waals surface area contributed by atoms with Crippen LogP contribution in [0.5, 0.6) is 5.75 Å². The molecule has 25 heavy (non-hydrogen) atoms. The lowest BCUT2D eigenvalue weighted by molar-refractivity contribution is -0.146. The highest BCUT2D eigenvalue weighted by molar-refractivity contribution is 7.99. The highest BCUT2D eigenvalue weighted by Gasteiger charge is 2.30. The Morgan fingerprint density at radius 1 is 1.32 bits per heavy atom. The number of aromatic nitrogens is 2. The largest absolute Gasteiger partial charge is 0.497 e. The van der Waals surface area contributed by atoms with Gasteiger partial charge >= 0.3 is 5.97 Å². The SMILES string of the molecule is COc1ccc(SCCC(=O)Nc2cnn(C(C)(C)C(=O)O)c2)cc1. The number of aliphatic carboxylic acids is 1. The van der Waals surface area contributed by atoms with Gasteiger partial charge in [-0.15, -0.1) is 11.8 Å². The van der Waals surface area contributed by atoms with Crippen molar-refractivity contribution >= 4 is 29.3 Å². The number of rotatable bonds is 8. The Morgan fingerprint density at radius 2 is 2.00 bits per heavy atom. The van der Waals surface area contributed by atoms with Crippen molar-refractivity contribution in [3.05, 3.63) is 36.7 Å². The Labute approximate surface area is 150 Å². The van der Waals surface area contributed by atoms with Crippen LogP contribution in [0.25, 0.3) is 0 Å². The fourth-order valence-electron chi connectivity index (χ4n) is 1.95. The van der Waals surface area contributed by atoms with E-state index in [9.17, 15) is 14.7 Å². The van der Waals surface area contributed by atoms with Gasteiger partial charge in [0.05, 0.1) is 19.0 Å². The summed E-state index contributed by atoms with van der Waals surface area (Å²) in [6.45, 7) is 3.08. The van der Waals surface area contributed by atoms with Gasteiger partial charge in [-0.2, -0.15) is 5.10 Å². The van der Waals surface area contributed by atoms with Crippen LogP contribution in [0, 0.1) is 0 Å². The molecule has 8 heteroatoms. The topological polar surface area (TPSA) is 93.5 Å². The van der Waals surface area contributed by atoms with Crippen molar-refractivity contribution in [3.63, 3.8) is 0 Å². The first-order valence-electron chi connectivity index (χ1n) is 7.68. The maximum Gasteiger partial charge on any atom is 0.331 e. The molecule has 0 saturated carbocycles. The molecule has 2 rings (SSSR count). The molecule has 0 aliphatic heterocycles. The van der Waals surface area contributed by atoms with E-state index in [0.29, 0.717) is 17.9 Å². The number of methoxy groups -OCH3 is 1. The normalized spacial score (nSPS) is 11.2. The summed E-state index contributed by atoms with van der Waals surface area (Å²) in [4.78, 5) is 24.3. The van der Waals surface area contributed by atoms with Gasteiger partial charge in [-0.3, -0.25) is 9.48 Å². The van der Waals surface area contributed by atoms with E-state index in [1.54, 1.807) is 32.7 Å². The highest BCUT2D eigenvalue weighted by atomic mass is 32.2. The first-order chi connectivity index (χ1) is 11.8. The van der Waals surface area contributed by atoms with Gasteiger partial charge in [-0.1, -0.05) is 0 Å². The van der Waals surface area contributed by atoms with Crippen molar-refractivity contribution in [2.45, 2.75) is 30.7 Å². The summed E-state index contributed by atoms with van der Waals surface area (Å²) < 4.78 is 6.42. The zero-order valence-electron chi connectivity index (χ0n) is 14.4. The smallest absolute Gasteiger partial charge is 0.331 e. The molecule has 0 radical (unpaired) electrons. The van der Waals surface area contributed by atoms with Gasteiger partial charge in [0.1, 0.15) is 5.75 Å². The minimum atomic E-state index is -1.17. The maximum absolute atomic E-state index is 12.0. The predicted octanol–water partition coefficient (Wildman–Crippen LogP) is 2.83. The predicted molar refractivity (Wildman–Crippen MR) is 96.1 cm³/mol. The third-order valence-corrected chi connectivity index (χ3v) is 4.63. The van der Waals surface area contributed by atoms with Gasteiger partial charge in [0.25, 0.3) is 0 Å². The quantitative estimate of drug-likeness (QED) is 0.701. The lowest BCUT2D eigenvalue weighted by atomic mass is 10.1. The summed E-state index contributed by atoms with van der Waals surface area (Å²) in [5, 5.41) is 15.9. The van der Waals surface area contributed by atoms with Crippen LogP contribution in [-0.4, -0.2) is 39.6 Å². The first kappa shape index (κ1) is 18.9. The second-order valence-corrected chi connectivity index (χ2v) is 7.03. The van der Waals surface area contributed by atoms with Crippen molar-refractivity contribution in [2.24, 2.45) is 0 Å². The number of hydrogen-bond donors (Lipinski definition) is 2. The fraction of sp³-hybridized carbons (Fsp3) is 0.353. The van der Waals surface area contributed by atoms with E-state index in [1.165, 1.54) is 17.1 Å². The average Bonchev–Trinajstić information content (AvgIpc) is 3.04. The van der Waals surface area contributed by atoms with Crippen LogP contribution < -0.4 is 10.1 Å². The Bertz CT molecular complexity index is 741. The minimum Gasteiger partial charge on any atom is -0.497 e. The summed E-state index contributed by atoms with van der Waals surface area (Å²) in [6.07, 6.45) is 3.30. The van der Waals surface area contributed by atoms with Gasteiger partial charge in [0.15, 0.2) is 5.54 Å². The van der Waals surface area contributed by atoms with Crippen LogP contribution in [0.2, 0.25) is 0 Å². The van der Waals surface area contributed by atoms with Crippen LogP contribution in [0.3, 0.4) is 0 Å². The highest BCUT2D eigenvalue weighted by Crippen LogP contribution is 2.22. The second kappa shape index (κ2) is 8.06. The van der Waals surface area contributed by atoms with Crippen LogP contribution >= 0.6 is 11.8 Å². The molecule has 1 heterocycles. The van der Waals surface area contributed by atoms with Crippen LogP contribution in [-0.2, 0) is 15.1 Å². The second-order valence-electron chi connectivity index (χ2n) is 5.86. The Morgan fingerprint density at radius 3 is 2.60 bits per heavy atom. The molecule has 0 atom stereocenters. The summed E-state index contributed by atoms with van der Waals surface area (Å²) in [5.74, 6) is 0.286. The molecule has 2 N–H and O–H groups in total. The first-order valence-corrected chi connectivity index (χ1v) is 8.66. The average molecular weight is 363 g/mol. The van der Waals surface area contributed by atoms with E-state index in [1.807, 2.05) is 24.3 Å². The molecule has 1 aromatic carbocycles. The number of anilines is 1. The number of carboxylic acids is 1. The Kier molecular flexibility index (Phi) is 6.08. The molecule has 7 nitrogen and oxygen atoms in total. The number of ether oxygens (including phenoxy) is 1. The minimum absolute atomic E-state index is 0.145. The number of carboxylic acid groups (broad SMARTS) is 1. The molecular weight excluding hydrogens is 342 g/mol. The van der Waals surface area contributed by atoms with Gasteiger partial charge in [0.2, 0.25) is 5.91 Å². The molecule has 1 amide bonds. The zero-order valence-corrected chi connectivity index (χ0v) is 15.2. The number of nitrogens with zero attached hydrogens (tertiary/aromatic N) is 2. The molecule has 0 fully saturated rings. The fourth-order valence-corrected chi connectivity index (χ4v) is 2.80. The molecule has 0 spiro atoms. The number of thioether (sulfide) groups is 1. The molecule has 0 saturated heterocycles. The van der Waals surface area contributed by atoms with Crippen LogP contribution in [0.4, 0.5) is 5.69 Å².